The molecule has 0 aliphatic rings. The summed E-state index contributed by atoms with van der Waals surface area (Å²) in [6.45, 7) is 0.778. The number of methoxy groups -OCH3 is 1. The second-order valence-electron chi connectivity index (χ2n) is 3.22. The molecule has 0 saturated heterocycles. The van der Waals surface area contributed by atoms with Gasteiger partial charge in [0.25, 0.3) is 0 Å². The lowest BCUT2D eigenvalue weighted by Gasteiger charge is -2.03. The zero-order valence-corrected chi connectivity index (χ0v) is 10.6. The number of fused-ring (bicyclic) bond motifs is 1. The van der Waals surface area contributed by atoms with Crippen LogP contribution >= 0.6 is 23.1 Å². The lowest BCUT2D eigenvalue weighted by atomic mass is 10.4. The van der Waals surface area contributed by atoms with Crippen LogP contribution in [0.1, 0.15) is 6.42 Å². The van der Waals surface area contributed by atoms with Crippen molar-refractivity contribution in [3.05, 3.63) is 11.4 Å². The SMILES string of the molecule is COCCCSc1nc(N)nc2sccc12. The van der Waals surface area contributed by atoms with Gasteiger partial charge < -0.3 is 10.5 Å². The molecule has 0 fully saturated rings. The van der Waals surface area contributed by atoms with Gasteiger partial charge in [0.05, 0.1) is 0 Å². The molecule has 2 aromatic rings. The molecule has 0 bridgehead atoms. The quantitative estimate of drug-likeness (QED) is 0.505. The number of ether oxygens (including phenoxy) is 1. The topological polar surface area (TPSA) is 61.0 Å². The maximum Gasteiger partial charge on any atom is 0.222 e. The van der Waals surface area contributed by atoms with Crippen LogP contribution in [-0.2, 0) is 4.74 Å². The Bertz CT molecular complexity index is 472. The van der Waals surface area contributed by atoms with Crippen LogP contribution in [0, 0.1) is 0 Å². The zero-order valence-electron chi connectivity index (χ0n) is 8.97. The Morgan fingerprint density at radius 1 is 1.50 bits per heavy atom. The van der Waals surface area contributed by atoms with Gasteiger partial charge in [-0.3, -0.25) is 0 Å². The van der Waals surface area contributed by atoms with E-state index in [9.17, 15) is 0 Å². The van der Waals surface area contributed by atoms with E-state index < -0.39 is 0 Å². The maximum atomic E-state index is 5.66. The first-order valence-corrected chi connectivity index (χ1v) is 6.80. The largest absolute Gasteiger partial charge is 0.385 e. The van der Waals surface area contributed by atoms with E-state index in [4.69, 9.17) is 10.5 Å². The molecule has 2 rings (SSSR count). The first kappa shape index (κ1) is 11.6. The van der Waals surface area contributed by atoms with Crippen LogP contribution in [-0.4, -0.2) is 29.4 Å². The fraction of sp³-hybridized carbons (Fsp3) is 0.400. The third-order valence-corrected chi connectivity index (χ3v) is 3.92. The van der Waals surface area contributed by atoms with Gasteiger partial charge in [-0.25, -0.2) is 9.97 Å². The molecule has 0 spiro atoms. The number of rotatable bonds is 5. The summed E-state index contributed by atoms with van der Waals surface area (Å²) < 4.78 is 5.01. The van der Waals surface area contributed by atoms with Gasteiger partial charge in [0.1, 0.15) is 9.86 Å². The van der Waals surface area contributed by atoms with Crippen molar-refractivity contribution >= 4 is 39.3 Å². The Morgan fingerprint density at radius 2 is 2.38 bits per heavy atom. The number of nitrogens with two attached hydrogens (primary N) is 1. The summed E-state index contributed by atoms with van der Waals surface area (Å²) in [5, 5.41) is 4.08. The minimum Gasteiger partial charge on any atom is -0.385 e. The molecule has 4 nitrogen and oxygen atoms in total. The monoisotopic (exact) mass is 255 g/mol. The van der Waals surface area contributed by atoms with E-state index in [0.29, 0.717) is 5.95 Å². The lowest BCUT2D eigenvalue weighted by Crippen LogP contribution is -1.97. The van der Waals surface area contributed by atoms with E-state index in [2.05, 4.69) is 9.97 Å². The Labute approximate surface area is 102 Å². The first-order chi connectivity index (χ1) is 7.81. The molecule has 0 radical (unpaired) electrons. The van der Waals surface area contributed by atoms with E-state index in [1.165, 1.54) is 0 Å². The Balaban J connectivity index is 2.12. The van der Waals surface area contributed by atoms with Gasteiger partial charge in [0, 0.05) is 24.9 Å². The van der Waals surface area contributed by atoms with E-state index >= 15 is 0 Å². The Hall–Kier alpha value is -0.850. The smallest absolute Gasteiger partial charge is 0.222 e. The highest BCUT2D eigenvalue weighted by molar-refractivity contribution is 7.99. The van der Waals surface area contributed by atoms with Crippen LogP contribution in [0.25, 0.3) is 10.2 Å². The fourth-order valence-electron chi connectivity index (χ4n) is 1.33. The third kappa shape index (κ3) is 2.63. The maximum absolute atomic E-state index is 5.66. The van der Waals surface area contributed by atoms with Crippen molar-refractivity contribution in [3.63, 3.8) is 0 Å². The molecule has 2 N–H and O–H groups in total. The van der Waals surface area contributed by atoms with Crippen molar-refractivity contribution in [3.8, 4) is 0 Å². The fourth-order valence-corrected chi connectivity index (χ4v) is 3.10. The van der Waals surface area contributed by atoms with Crippen molar-refractivity contribution < 1.29 is 4.74 Å². The normalized spacial score (nSPS) is 11.1. The van der Waals surface area contributed by atoms with Crippen LogP contribution < -0.4 is 5.73 Å². The number of nitrogens with zero attached hydrogens (tertiary/aromatic N) is 2. The highest BCUT2D eigenvalue weighted by Crippen LogP contribution is 2.29. The summed E-state index contributed by atoms with van der Waals surface area (Å²) in [5.74, 6) is 1.33. The summed E-state index contributed by atoms with van der Waals surface area (Å²) in [5.41, 5.74) is 5.66. The number of nitrogen functional groups attached to an aromatic ring is 1. The molecule has 0 unspecified atom stereocenters. The number of aromatic nitrogens is 2. The summed E-state index contributed by atoms with van der Waals surface area (Å²) >= 11 is 3.29. The molecule has 0 saturated carbocycles. The second kappa shape index (κ2) is 5.47. The second-order valence-corrected chi connectivity index (χ2v) is 5.20. The number of thiophene rings is 1. The minimum atomic E-state index is 0.351. The average Bonchev–Trinajstić information content (AvgIpc) is 2.72. The van der Waals surface area contributed by atoms with Crippen molar-refractivity contribution in [1.29, 1.82) is 0 Å². The van der Waals surface area contributed by atoms with E-state index in [0.717, 1.165) is 34.0 Å². The number of hydrogen-bond donors (Lipinski definition) is 1. The van der Waals surface area contributed by atoms with Crippen molar-refractivity contribution in [2.24, 2.45) is 0 Å². The zero-order chi connectivity index (χ0) is 11.4. The van der Waals surface area contributed by atoms with Gasteiger partial charge in [0.15, 0.2) is 0 Å². The van der Waals surface area contributed by atoms with E-state index in [1.54, 1.807) is 30.2 Å². The molecule has 0 aliphatic carbocycles. The molecule has 16 heavy (non-hydrogen) atoms. The van der Waals surface area contributed by atoms with Crippen molar-refractivity contribution in [1.82, 2.24) is 9.97 Å². The summed E-state index contributed by atoms with van der Waals surface area (Å²) in [4.78, 5) is 9.41. The molecule has 0 aliphatic heterocycles. The van der Waals surface area contributed by atoms with Crippen LogP contribution in [0.15, 0.2) is 16.5 Å². The molecular formula is C10H13N3OS2. The van der Waals surface area contributed by atoms with Gasteiger partial charge in [-0.1, -0.05) is 0 Å². The van der Waals surface area contributed by atoms with Gasteiger partial charge >= 0.3 is 0 Å². The van der Waals surface area contributed by atoms with Gasteiger partial charge in [-0.15, -0.1) is 23.1 Å². The predicted octanol–water partition coefficient (Wildman–Crippen LogP) is 2.40. The molecule has 2 aromatic heterocycles. The molecule has 6 heteroatoms. The molecule has 0 atom stereocenters. The van der Waals surface area contributed by atoms with Crippen LogP contribution in [0.2, 0.25) is 0 Å². The lowest BCUT2D eigenvalue weighted by molar-refractivity contribution is 0.200. The minimum absolute atomic E-state index is 0.351. The Morgan fingerprint density at radius 3 is 3.19 bits per heavy atom. The molecule has 0 amide bonds. The van der Waals surface area contributed by atoms with Crippen LogP contribution in [0.3, 0.4) is 0 Å². The number of thioether (sulfide) groups is 1. The number of hydrogen-bond acceptors (Lipinski definition) is 6. The molecular weight excluding hydrogens is 242 g/mol. The molecule has 86 valence electrons. The average molecular weight is 255 g/mol. The highest BCUT2D eigenvalue weighted by atomic mass is 32.2. The van der Waals surface area contributed by atoms with Gasteiger partial charge in [-0.05, 0) is 17.9 Å². The number of anilines is 1. The highest BCUT2D eigenvalue weighted by Gasteiger charge is 2.07. The van der Waals surface area contributed by atoms with Crippen molar-refractivity contribution in [2.75, 3.05) is 25.2 Å². The third-order valence-electron chi connectivity index (χ3n) is 2.04. The summed E-state index contributed by atoms with van der Waals surface area (Å²) in [6, 6.07) is 2.04. The Kier molecular flexibility index (Phi) is 3.98. The van der Waals surface area contributed by atoms with Gasteiger partial charge in [-0.2, -0.15) is 0 Å². The van der Waals surface area contributed by atoms with Crippen molar-refractivity contribution in [2.45, 2.75) is 11.4 Å². The van der Waals surface area contributed by atoms with E-state index in [-0.39, 0.29) is 0 Å². The van der Waals surface area contributed by atoms with Gasteiger partial charge in [0.2, 0.25) is 5.95 Å². The van der Waals surface area contributed by atoms with Crippen LogP contribution in [0.5, 0.6) is 0 Å². The van der Waals surface area contributed by atoms with E-state index in [1.807, 2.05) is 11.4 Å². The first-order valence-electron chi connectivity index (χ1n) is 4.93. The van der Waals surface area contributed by atoms with Crippen LogP contribution in [0.4, 0.5) is 5.95 Å². The standard InChI is InChI=1S/C10H13N3OS2/c1-14-4-2-5-15-8-7-3-6-16-9(7)13-10(11)12-8/h3,6H,2,4-5H2,1H3,(H2,11,12,13). The molecule has 0 aromatic carbocycles. The predicted molar refractivity (Wildman–Crippen MR) is 69.0 cm³/mol. The summed E-state index contributed by atoms with van der Waals surface area (Å²) in [7, 11) is 1.71. The summed E-state index contributed by atoms with van der Waals surface area (Å²) in [6.07, 6.45) is 1.01. The molecule has 2 heterocycles.